The van der Waals surface area contributed by atoms with Gasteiger partial charge in [0.05, 0.1) is 12.9 Å². The van der Waals surface area contributed by atoms with E-state index in [0.717, 1.165) is 16.7 Å². The van der Waals surface area contributed by atoms with E-state index in [2.05, 4.69) is 5.32 Å². The predicted molar refractivity (Wildman–Crippen MR) is 158 cm³/mol. The standard InChI is InChI=1S/C30H34Cl2N2O3S/c1-30(2,3)33-29(36)27(17-21-10-6-5-7-11-21)34(18-22-12-8-13-23(16-22)37-4)28(35)20-38-19-24-25(31)14-9-15-26(24)32/h5-16,27H,17-20H2,1-4H3,(H,33,36)/t27-/m1/s1. The van der Waals surface area contributed by atoms with Crippen molar-refractivity contribution in [1.82, 2.24) is 10.2 Å². The van der Waals surface area contributed by atoms with Crippen LogP contribution in [0.4, 0.5) is 0 Å². The lowest BCUT2D eigenvalue weighted by molar-refractivity contribution is -0.140. The molecule has 1 atom stereocenters. The van der Waals surface area contributed by atoms with Crippen molar-refractivity contribution in [1.29, 1.82) is 0 Å². The van der Waals surface area contributed by atoms with Crippen LogP contribution in [0.25, 0.3) is 0 Å². The number of carbonyl (C=O) groups is 2. The van der Waals surface area contributed by atoms with Gasteiger partial charge in [-0.3, -0.25) is 9.59 Å². The maximum absolute atomic E-state index is 13.8. The molecule has 0 aromatic heterocycles. The van der Waals surface area contributed by atoms with E-state index in [1.807, 2.05) is 75.4 Å². The number of benzene rings is 3. The van der Waals surface area contributed by atoms with Gasteiger partial charge in [0, 0.05) is 34.3 Å². The first-order valence-electron chi connectivity index (χ1n) is 12.4. The van der Waals surface area contributed by atoms with E-state index in [4.69, 9.17) is 27.9 Å². The third-order valence-corrected chi connectivity index (χ3v) is 7.44. The minimum atomic E-state index is -0.708. The first-order chi connectivity index (χ1) is 18.1. The van der Waals surface area contributed by atoms with Crippen molar-refractivity contribution in [2.45, 2.75) is 51.1 Å². The molecule has 0 radical (unpaired) electrons. The largest absolute Gasteiger partial charge is 0.497 e. The van der Waals surface area contributed by atoms with Gasteiger partial charge in [0.2, 0.25) is 11.8 Å². The molecule has 0 spiro atoms. The summed E-state index contributed by atoms with van der Waals surface area (Å²) in [6.07, 6.45) is 0.388. The highest BCUT2D eigenvalue weighted by atomic mass is 35.5. The fourth-order valence-corrected chi connectivity index (χ4v) is 5.62. The molecule has 5 nitrogen and oxygen atoms in total. The van der Waals surface area contributed by atoms with Gasteiger partial charge < -0.3 is 15.0 Å². The summed E-state index contributed by atoms with van der Waals surface area (Å²) in [6.45, 7) is 6.06. The summed E-state index contributed by atoms with van der Waals surface area (Å²) in [5.41, 5.74) is 2.19. The van der Waals surface area contributed by atoms with Crippen molar-refractivity contribution >= 4 is 46.8 Å². The minimum Gasteiger partial charge on any atom is -0.497 e. The number of ether oxygens (including phenoxy) is 1. The zero-order valence-corrected chi connectivity index (χ0v) is 24.5. The molecule has 0 heterocycles. The van der Waals surface area contributed by atoms with E-state index in [1.54, 1.807) is 30.2 Å². The summed E-state index contributed by atoms with van der Waals surface area (Å²) in [6, 6.07) is 22.0. The molecule has 38 heavy (non-hydrogen) atoms. The lowest BCUT2D eigenvalue weighted by Gasteiger charge is -2.34. The van der Waals surface area contributed by atoms with Crippen LogP contribution in [0.1, 0.15) is 37.5 Å². The molecule has 2 amide bonds. The Bertz CT molecular complexity index is 1210. The van der Waals surface area contributed by atoms with Crippen LogP contribution >= 0.6 is 35.0 Å². The fourth-order valence-electron chi connectivity index (χ4n) is 3.97. The number of nitrogens with one attached hydrogen (secondary N) is 1. The van der Waals surface area contributed by atoms with Crippen LogP contribution in [0.2, 0.25) is 10.0 Å². The van der Waals surface area contributed by atoms with Gasteiger partial charge in [-0.05, 0) is 61.7 Å². The molecule has 3 aromatic carbocycles. The molecule has 0 aliphatic carbocycles. The van der Waals surface area contributed by atoms with Crippen LogP contribution in [0.15, 0.2) is 72.8 Å². The summed E-state index contributed by atoms with van der Waals surface area (Å²) >= 11 is 14.1. The monoisotopic (exact) mass is 572 g/mol. The Hall–Kier alpha value is -2.67. The molecule has 0 aliphatic heterocycles. The van der Waals surface area contributed by atoms with Gasteiger partial charge in [0.25, 0.3) is 0 Å². The summed E-state index contributed by atoms with van der Waals surface area (Å²) in [7, 11) is 1.60. The van der Waals surface area contributed by atoms with Crippen molar-refractivity contribution in [2.24, 2.45) is 0 Å². The highest BCUT2D eigenvalue weighted by Gasteiger charge is 2.32. The van der Waals surface area contributed by atoms with Crippen LogP contribution in [0.3, 0.4) is 0 Å². The Labute approximate surface area is 239 Å². The number of nitrogens with zero attached hydrogens (tertiary/aromatic N) is 1. The van der Waals surface area contributed by atoms with Crippen molar-refractivity contribution in [3.05, 3.63) is 99.5 Å². The van der Waals surface area contributed by atoms with Crippen molar-refractivity contribution < 1.29 is 14.3 Å². The molecule has 202 valence electrons. The molecule has 0 aliphatic rings. The summed E-state index contributed by atoms with van der Waals surface area (Å²) in [4.78, 5) is 29.1. The highest BCUT2D eigenvalue weighted by Crippen LogP contribution is 2.29. The Balaban J connectivity index is 1.91. The van der Waals surface area contributed by atoms with Crippen LogP contribution in [0.5, 0.6) is 5.75 Å². The maximum atomic E-state index is 13.8. The van der Waals surface area contributed by atoms with Crippen molar-refractivity contribution in [3.63, 3.8) is 0 Å². The second-order valence-corrected chi connectivity index (χ2v) is 11.8. The van der Waals surface area contributed by atoms with Crippen LogP contribution in [0, 0.1) is 0 Å². The average molecular weight is 574 g/mol. The second-order valence-electron chi connectivity index (χ2n) is 10.0. The molecular formula is C30H34Cl2N2O3S. The Morgan fingerprint density at radius 2 is 1.58 bits per heavy atom. The zero-order chi connectivity index (χ0) is 27.7. The molecule has 3 rings (SSSR count). The quantitative estimate of drug-likeness (QED) is 0.275. The molecule has 3 aromatic rings. The van der Waals surface area contributed by atoms with Gasteiger partial charge in [-0.15, -0.1) is 11.8 Å². The number of amides is 2. The molecule has 0 saturated carbocycles. The summed E-state index contributed by atoms with van der Waals surface area (Å²) in [5.74, 6) is 0.994. The summed E-state index contributed by atoms with van der Waals surface area (Å²) in [5, 5.41) is 4.21. The topological polar surface area (TPSA) is 58.6 Å². The molecule has 0 fully saturated rings. The predicted octanol–water partition coefficient (Wildman–Crippen LogP) is 6.79. The summed E-state index contributed by atoms with van der Waals surface area (Å²) < 4.78 is 5.39. The number of hydrogen-bond donors (Lipinski definition) is 1. The number of halogens is 2. The van der Waals surface area contributed by atoms with Crippen molar-refractivity contribution in [2.75, 3.05) is 12.9 Å². The molecular weight excluding hydrogens is 539 g/mol. The number of rotatable bonds is 11. The van der Waals surface area contributed by atoms with Gasteiger partial charge in [0.1, 0.15) is 11.8 Å². The highest BCUT2D eigenvalue weighted by molar-refractivity contribution is 7.99. The van der Waals surface area contributed by atoms with Crippen LogP contribution in [-0.4, -0.2) is 41.2 Å². The van der Waals surface area contributed by atoms with E-state index >= 15 is 0 Å². The molecule has 1 N–H and O–H groups in total. The Morgan fingerprint density at radius 3 is 2.21 bits per heavy atom. The number of thioether (sulfide) groups is 1. The smallest absolute Gasteiger partial charge is 0.243 e. The average Bonchev–Trinajstić information content (AvgIpc) is 2.87. The number of methoxy groups -OCH3 is 1. The third kappa shape index (κ3) is 8.97. The van der Waals surface area contributed by atoms with Gasteiger partial charge in [0.15, 0.2) is 0 Å². The number of hydrogen-bond acceptors (Lipinski definition) is 4. The van der Waals surface area contributed by atoms with E-state index in [9.17, 15) is 9.59 Å². The van der Waals surface area contributed by atoms with Crippen molar-refractivity contribution in [3.8, 4) is 5.75 Å². The second kappa shape index (κ2) is 13.9. The van der Waals surface area contributed by atoms with E-state index in [1.165, 1.54) is 11.8 Å². The molecule has 0 saturated heterocycles. The van der Waals surface area contributed by atoms with Crippen LogP contribution in [-0.2, 0) is 28.3 Å². The zero-order valence-electron chi connectivity index (χ0n) is 22.2. The first-order valence-corrected chi connectivity index (χ1v) is 14.3. The van der Waals surface area contributed by atoms with Gasteiger partial charge in [-0.2, -0.15) is 0 Å². The fraction of sp³-hybridized carbons (Fsp3) is 0.333. The molecule has 0 bridgehead atoms. The van der Waals surface area contributed by atoms with E-state index < -0.39 is 11.6 Å². The third-order valence-electron chi connectivity index (χ3n) is 5.79. The lowest BCUT2D eigenvalue weighted by atomic mass is 10.0. The SMILES string of the molecule is COc1cccc(CN(C(=O)CSCc2c(Cl)cccc2Cl)[C@H](Cc2ccccc2)C(=O)NC(C)(C)C)c1. The van der Waals surface area contributed by atoms with E-state index in [0.29, 0.717) is 28.0 Å². The number of carbonyl (C=O) groups excluding carboxylic acids is 2. The first kappa shape index (κ1) is 29.9. The van der Waals surface area contributed by atoms with Gasteiger partial charge in [-0.1, -0.05) is 71.7 Å². The van der Waals surface area contributed by atoms with Crippen LogP contribution < -0.4 is 10.1 Å². The van der Waals surface area contributed by atoms with Gasteiger partial charge >= 0.3 is 0 Å². The Kier molecular flexibility index (Phi) is 11.0. The maximum Gasteiger partial charge on any atom is 0.243 e. The molecule has 0 unspecified atom stereocenters. The normalized spacial score (nSPS) is 12.1. The Morgan fingerprint density at radius 1 is 0.947 bits per heavy atom. The molecule has 8 heteroatoms. The van der Waals surface area contributed by atoms with Gasteiger partial charge in [-0.25, -0.2) is 0 Å². The minimum absolute atomic E-state index is 0.147. The lowest BCUT2D eigenvalue weighted by Crippen LogP contribution is -2.54. The van der Waals surface area contributed by atoms with E-state index in [-0.39, 0.29) is 24.1 Å².